The van der Waals surface area contributed by atoms with Gasteiger partial charge in [-0.25, -0.2) is 0 Å². The molecule has 1 unspecified atom stereocenters. The fourth-order valence-corrected chi connectivity index (χ4v) is 2.79. The van der Waals surface area contributed by atoms with E-state index in [9.17, 15) is 0 Å². The van der Waals surface area contributed by atoms with Gasteiger partial charge in [-0.3, -0.25) is 4.90 Å². The highest BCUT2D eigenvalue weighted by atomic mass is 16.3. The minimum Gasteiger partial charge on any atom is -0.395 e. The van der Waals surface area contributed by atoms with Gasteiger partial charge in [-0.1, -0.05) is 26.2 Å². The van der Waals surface area contributed by atoms with Crippen molar-refractivity contribution in [2.24, 2.45) is 0 Å². The van der Waals surface area contributed by atoms with Crippen LogP contribution in [-0.2, 0) is 0 Å². The van der Waals surface area contributed by atoms with Gasteiger partial charge in [0.2, 0.25) is 0 Å². The molecule has 92 valence electrons. The summed E-state index contributed by atoms with van der Waals surface area (Å²) in [5, 5.41) is 18.0. The number of hydrogen-bond acceptors (Lipinski definition) is 3. The van der Waals surface area contributed by atoms with E-state index in [4.69, 9.17) is 10.4 Å². The summed E-state index contributed by atoms with van der Waals surface area (Å²) in [7, 11) is 0. The van der Waals surface area contributed by atoms with Crippen LogP contribution in [0.2, 0.25) is 0 Å². The Bertz CT molecular complexity index is 218. The van der Waals surface area contributed by atoms with Gasteiger partial charge in [0.05, 0.1) is 19.1 Å². The molecule has 0 spiro atoms. The van der Waals surface area contributed by atoms with Gasteiger partial charge in [-0.15, -0.1) is 0 Å². The Labute approximate surface area is 99.1 Å². The smallest absolute Gasteiger partial charge is 0.0638 e. The van der Waals surface area contributed by atoms with Crippen LogP contribution in [-0.4, -0.2) is 35.2 Å². The van der Waals surface area contributed by atoms with Crippen LogP contribution in [0.4, 0.5) is 0 Å². The molecule has 0 heterocycles. The van der Waals surface area contributed by atoms with Crippen LogP contribution in [0.3, 0.4) is 0 Å². The predicted octanol–water partition coefficient (Wildman–Crippen LogP) is 2.31. The summed E-state index contributed by atoms with van der Waals surface area (Å²) in [6.07, 6.45) is 8.02. The Balaban J connectivity index is 2.59. The van der Waals surface area contributed by atoms with Crippen LogP contribution < -0.4 is 0 Å². The average Bonchev–Trinajstić information content (AvgIpc) is 2.35. The second kappa shape index (κ2) is 7.65. The number of nitriles is 1. The van der Waals surface area contributed by atoms with Crippen molar-refractivity contribution in [1.29, 1.82) is 5.26 Å². The largest absolute Gasteiger partial charge is 0.395 e. The lowest BCUT2D eigenvalue weighted by atomic mass is 9.92. The molecular formula is C13H24N2O. The first-order chi connectivity index (χ1) is 7.83. The molecule has 0 aliphatic heterocycles. The van der Waals surface area contributed by atoms with Crippen LogP contribution in [0.1, 0.15) is 51.9 Å². The van der Waals surface area contributed by atoms with E-state index in [-0.39, 0.29) is 6.61 Å². The highest BCUT2D eigenvalue weighted by Crippen LogP contribution is 2.25. The van der Waals surface area contributed by atoms with Crippen molar-refractivity contribution in [3.05, 3.63) is 0 Å². The maximum Gasteiger partial charge on any atom is 0.0638 e. The fourth-order valence-electron chi connectivity index (χ4n) is 2.79. The molecule has 16 heavy (non-hydrogen) atoms. The zero-order valence-corrected chi connectivity index (χ0v) is 10.4. The normalized spacial score (nSPS) is 19.6. The van der Waals surface area contributed by atoms with Crippen molar-refractivity contribution in [3.63, 3.8) is 0 Å². The summed E-state index contributed by atoms with van der Waals surface area (Å²) in [4.78, 5) is 2.38. The number of hydrogen-bond donors (Lipinski definition) is 1. The second-order valence-electron chi connectivity index (χ2n) is 4.68. The Kier molecular flexibility index (Phi) is 6.44. The van der Waals surface area contributed by atoms with Gasteiger partial charge in [-0.05, 0) is 19.3 Å². The number of aliphatic hydroxyl groups is 1. The molecule has 0 aromatic carbocycles. The molecular weight excluding hydrogens is 200 g/mol. The van der Waals surface area contributed by atoms with E-state index in [1.165, 1.54) is 32.1 Å². The third kappa shape index (κ3) is 3.77. The molecule has 3 heteroatoms. The maximum atomic E-state index is 9.16. The molecule has 1 N–H and O–H groups in total. The molecule has 0 aromatic rings. The van der Waals surface area contributed by atoms with E-state index in [1.807, 2.05) is 0 Å². The van der Waals surface area contributed by atoms with Crippen molar-refractivity contribution in [2.75, 3.05) is 13.2 Å². The van der Waals surface area contributed by atoms with Crippen molar-refractivity contribution in [3.8, 4) is 6.07 Å². The fraction of sp³-hybridized carbons (Fsp3) is 0.923. The Hall–Kier alpha value is -0.590. The maximum absolute atomic E-state index is 9.16. The summed E-state index contributed by atoms with van der Waals surface area (Å²) < 4.78 is 0. The summed E-state index contributed by atoms with van der Waals surface area (Å²) in [6.45, 7) is 3.07. The van der Waals surface area contributed by atoms with Crippen molar-refractivity contribution >= 4 is 0 Å². The molecule has 0 bridgehead atoms. The van der Waals surface area contributed by atoms with Crippen LogP contribution in [0.25, 0.3) is 0 Å². The van der Waals surface area contributed by atoms with E-state index in [1.54, 1.807) is 0 Å². The van der Waals surface area contributed by atoms with Crippen LogP contribution in [0.15, 0.2) is 0 Å². The Morgan fingerprint density at radius 2 is 2.06 bits per heavy atom. The summed E-state index contributed by atoms with van der Waals surface area (Å²) in [5.41, 5.74) is 0. The third-order valence-corrected chi connectivity index (χ3v) is 3.67. The molecule has 3 nitrogen and oxygen atoms in total. The summed E-state index contributed by atoms with van der Waals surface area (Å²) in [6, 6.07) is 3.20. The highest BCUT2D eigenvalue weighted by molar-refractivity contribution is 4.86. The van der Waals surface area contributed by atoms with E-state index in [2.05, 4.69) is 17.9 Å². The molecule has 1 saturated carbocycles. The van der Waals surface area contributed by atoms with Crippen LogP contribution >= 0.6 is 0 Å². The minimum atomic E-state index is 0.207. The van der Waals surface area contributed by atoms with Crippen LogP contribution in [0, 0.1) is 11.3 Å². The molecule has 0 radical (unpaired) electrons. The quantitative estimate of drug-likeness (QED) is 0.753. The number of nitrogens with zero attached hydrogens (tertiary/aromatic N) is 2. The van der Waals surface area contributed by atoms with Gasteiger partial charge in [0.1, 0.15) is 0 Å². The van der Waals surface area contributed by atoms with Gasteiger partial charge in [0, 0.05) is 18.6 Å². The SMILES string of the molecule is CCC(CC#N)N(CCO)C1CCCCC1. The highest BCUT2D eigenvalue weighted by Gasteiger charge is 2.25. The summed E-state index contributed by atoms with van der Waals surface area (Å²) in [5.74, 6) is 0. The van der Waals surface area contributed by atoms with Gasteiger partial charge in [0.15, 0.2) is 0 Å². The third-order valence-electron chi connectivity index (χ3n) is 3.67. The Morgan fingerprint density at radius 3 is 2.56 bits per heavy atom. The Morgan fingerprint density at radius 1 is 1.38 bits per heavy atom. The van der Waals surface area contributed by atoms with Gasteiger partial charge >= 0.3 is 0 Å². The molecule has 0 saturated heterocycles. The predicted molar refractivity (Wildman–Crippen MR) is 65.0 cm³/mol. The van der Waals surface area contributed by atoms with Gasteiger partial charge in [-0.2, -0.15) is 5.26 Å². The van der Waals surface area contributed by atoms with E-state index in [0.29, 0.717) is 18.5 Å². The monoisotopic (exact) mass is 224 g/mol. The second-order valence-corrected chi connectivity index (χ2v) is 4.68. The topological polar surface area (TPSA) is 47.3 Å². The van der Waals surface area contributed by atoms with Gasteiger partial charge in [0.25, 0.3) is 0 Å². The van der Waals surface area contributed by atoms with Crippen molar-refractivity contribution in [2.45, 2.75) is 64.0 Å². The summed E-state index contributed by atoms with van der Waals surface area (Å²) >= 11 is 0. The van der Waals surface area contributed by atoms with E-state index in [0.717, 1.165) is 13.0 Å². The minimum absolute atomic E-state index is 0.207. The molecule has 1 aliphatic carbocycles. The lowest BCUT2D eigenvalue weighted by Crippen LogP contribution is -2.45. The lowest BCUT2D eigenvalue weighted by Gasteiger charge is -2.38. The standard InChI is InChI=1S/C13H24N2O/c1-2-12(8-9-14)15(10-11-16)13-6-4-3-5-7-13/h12-13,16H,2-8,10-11H2,1H3. The molecule has 1 atom stereocenters. The lowest BCUT2D eigenvalue weighted by molar-refractivity contribution is 0.0797. The van der Waals surface area contributed by atoms with E-state index >= 15 is 0 Å². The molecule has 1 aliphatic rings. The molecule has 0 amide bonds. The first-order valence-corrected chi connectivity index (χ1v) is 6.57. The zero-order valence-electron chi connectivity index (χ0n) is 10.4. The van der Waals surface area contributed by atoms with Gasteiger partial charge < -0.3 is 5.11 Å². The zero-order chi connectivity index (χ0) is 11.8. The molecule has 1 fully saturated rings. The number of aliphatic hydroxyl groups excluding tert-OH is 1. The molecule has 1 rings (SSSR count). The molecule has 0 aromatic heterocycles. The van der Waals surface area contributed by atoms with Crippen molar-refractivity contribution < 1.29 is 5.11 Å². The first-order valence-electron chi connectivity index (χ1n) is 6.57. The van der Waals surface area contributed by atoms with Crippen LogP contribution in [0.5, 0.6) is 0 Å². The van der Waals surface area contributed by atoms with Crippen molar-refractivity contribution in [1.82, 2.24) is 4.90 Å². The van der Waals surface area contributed by atoms with E-state index < -0.39 is 0 Å². The first kappa shape index (κ1) is 13.5. The number of rotatable bonds is 6. The average molecular weight is 224 g/mol.